The molecule has 1 saturated heterocycles. The molecule has 3 atom stereocenters. The molecule has 14 heavy (non-hydrogen) atoms. The summed E-state index contributed by atoms with van der Waals surface area (Å²) in [6.07, 6.45) is 0.751. The topological polar surface area (TPSA) is 59.0 Å². The molecule has 0 aromatic heterocycles. The van der Waals surface area contributed by atoms with Gasteiger partial charge >= 0.3 is 0 Å². The highest BCUT2D eigenvalue weighted by Crippen LogP contribution is 2.51. The number of fused-ring (bicyclic) bond motifs is 1. The largest absolute Gasteiger partial charge is 0.358 e. The first kappa shape index (κ1) is 9.77. The standard InChI is InChI=1S/C10H15NO3/c1-6(2)10(11-13)4-7(12)9(3)8(5-10)14-9/h6,8H,4-5H2,1-3H3. The summed E-state index contributed by atoms with van der Waals surface area (Å²) in [5.41, 5.74) is -1.32. The molecule has 3 unspecified atom stereocenters. The molecule has 1 aliphatic heterocycles. The van der Waals surface area contributed by atoms with Crippen LogP contribution in [0.5, 0.6) is 0 Å². The van der Waals surface area contributed by atoms with Crippen LogP contribution < -0.4 is 0 Å². The molecule has 4 heteroatoms. The first-order valence-corrected chi connectivity index (χ1v) is 5.00. The maximum Gasteiger partial charge on any atom is 0.169 e. The number of rotatable bonds is 2. The van der Waals surface area contributed by atoms with E-state index in [9.17, 15) is 9.70 Å². The Hall–Kier alpha value is -0.770. The molecule has 1 saturated carbocycles. The number of carbonyl (C=O) groups excluding carboxylic acids is 1. The van der Waals surface area contributed by atoms with Gasteiger partial charge in [-0.1, -0.05) is 19.0 Å². The second kappa shape index (κ2) is 2.63. The molecule has 78 valence electrons. The van der Waals surface area contributed by atoms with Crippen LogP contribution in [0.4, 0.5) is 0 Å². The maximum atomic E-state index is 11.7. The predicted octanol–water partition coefficient (Wildman–Crippen LogP) is 1.67. The third kappa shape index (κ3) is 1.06. The zero-order valence-electron chi connectivity index (χ0n) is 8.74. The minimum absolute atomic E-state index is 0.0297. The average molecular weight is 197 g/mol. The highest BCUT2D eigenvalue weighted by Gasteiger charge is 2.66. The van der Waals surface area contributed by atoms with E-state index in [-0.39, 0.29) is 24.2 Å². The zero-order chi connectivity index (χ0) is 10.6. The Morgan fingerprint density at radius 2 is 2.21 bits per heavy atom. The van der Waals surface area contributed by atoms with Gasteiger partial charge < -0.3 is 4.74 Å². The summed E-state index contributed by atoms with van der Waals surface area (Å²) in [6, 6.07) is 0. The fourth-order valence-electron chi connectivity index (χ4n) is 2.20. The second-order valence-corrected chi connectivity index (χ2v) is 4.87. The average Bonchev–Trinajstić information content (AvgIpc) is 2.77. The number of ketones is 1. The molecule has 1 heterocycles. The highest BCUT2D eigenvalue weighted by molar-refractivity contribution is 5.92. The van der Waals surface area contributed by atoms with Crippen LogP contribution in [0.3, 0.4) is 0 Å². The second-order valence-electron chi connectivity index (χ2n) is 4.87. The predicted molar refractivity (Wildman–Crippen MR) is 50.9 cm³/mol. The van der Waals surface area contributed by atoms with Crippen LogP contribution in [0.2, 0.25) is 0 Å². The lowest BCUT2D eigenvalue weighted by atomic mass is 9.71. The number of nitroso groups, excluding NO2 is 1. The number of hydrogen-bond donors (Lipinski definition) is 0. The minimum atomic E-state index is -0.724. The van der Waals surface area contributed by atoms with Gasteiger partial charge in [-0.25, -0.2) is 0 Å². The summed E-state index contributed by atoms with van der Waals surface area (Å²) in [6.45, 7) is 5.66. The van der Waals surface area contributed by atoms with Crippen LogP contribution >= 0.6 is 0 Å². The Bertz CT molecular complexity index is 302. The SMILES string of the molecule is CC(C)C1(N=O)CC(=O)C2(C)OC2C1. The molecule has 0 bridgehead atoms. The molecule has 0 N–H and O–H groups in total. The van der Waals surface area contributed by atoms with Crippen molar-refractivity contribution in [1.29, 1.82) is 0 Å². The normalized spacial score (nSPS) is 46.3. The molecule has 0 amide bonds. The highest BCUT2D eigenvalue weighted by atomic mass is 16.6. The maximum absolute atomic E-state index is 11.7. The van der Waals surface area contributed by atoms with E-state index < -0.39 is 11.1 Å². The third-order valence-electron chi connectivity index (χ3n) is 3.76. The Kier molecular flexibility index (Phi) is 1.83. The van der Waals surface area contributed by atoms with Gasteiger partial charge in [0, 0.05) is 12.8 Å². The number of ether oxygens (including phenoxy) is 1. The van der Waals surface area contributed by atoms with Crippen molar-refractivity contribution >= 4 is 5.78 Å². The van der Waals surface area contributed by atoms with Gasteiger partial charge in [0.2, 0.25) is 0 Å². The molecular weight excluding hydrogens is 182 g/mol. The van der Waals surface area contributed by atoms with Gasteiger partial charge in [-0.2, -0.15) is 4.91 Å². The lowest BCUT2D eigenvalue weighted by molar-refractivity contribution is -0.125. The van der Waals surface area contributed by atoms with E-state index >= 15 is 0 Å². The van der Waals surface area contributed by atoms with Crippen LogP contribution in [-0.4, -0.2) is 23.0 Å². The lowest BCUT2D eigenvalue weighted by Crippen LogP contribution is -2.45. The van der Waals surface area contributed by atoms with Gasteiger partial charge in [0.15, 0.2) is 5.78 Å². The van der Waals surface area contributed by atoms with E-state index in [1.54, 1.807) is 6.92 Å². The van der Waals surface area contributed by atoms with Gasteiger partial charge in [-0.3, -0.25) is 4.79 Å². The van der Waals surface area contributed by atoms with Crippen molar-refractivity contribution in [2.24, 2.45) is 11.1 Å². The summed E-state index contributed by atoms with van der Waals surface area (Å²) >= 11 is 0. The Morgan fingerprint density at radius 3 is 2.64 bits per heavy atom. The molecule has 0 spiro atoms. The van der Waals surface area contributed by atoms with Crippen molar-refractivity contribution < 1.29 is 9.53 Å². The summed E-state index contributed by atoms with van der Waals surface area (Å²) in [7, 11) is 0. The van der Waals surface area contributed by atoms with E-state index in [1.807, 2.05) is 13.8 Å². The molecule has 2 fully saturated rings. The van der Waals surface area contributed by atoms with Crippen LogP contribution in [0.25, 0.3) is 0 Å². The van der Waals surface area contributed by atoms with Crippen molar-refractivity contribution in [2.75, 3.05) is 0 Å². The van der Waals surface area contributed by atoms with E-state index in [0.29, 0.717) is 6.42 Å². The van der Waals surface area contributed by atoms with Gasteiger partial charge in [0.1, 0.15) is 11.1 Å². The summed E-state index contributed by atoms with van der Waals surface area (Å²) < 4.78 is 5.34. The van der Waals surface area contributed by atoms with Crippen molar-refractivity contribution in [3.05, 3.63) is 4.91 Å². The molecule has 0 radical (unpaired) electrons. The van der Waals surface area contributed by atoms with E-state index in [1.165, 1.54) is 0 Å². The smallest absolute Gasteiger partial charge is 0.169 e. The zero-order valence-corrected chi connectivity index (χ0v) is 8.74. The summed E-state index contributed by atoms with van der Waals surface area (Å²) in [5, 5.41) is 3.19. The van der Waals surface area contributed by atoms with E-state index in [0.717, 1.165) is 0 Å². The lowest BCUT2D eigenvalue weighted by Gasteiger charge is -2.32. The van der Waals surface area contributed by atoms with Crippen LogP contribution in [0.1, 0.15) is 33.6 Å². The van der Waals surface area contributed by atoms with Crippen LogP contribution in [0.15, 0.2) is 5.18 Å². The molecule has 4 nitrogen and oxygen atoms in total. The minimum Gasteiger partial charge on any atom is -0.358 e. The van der Waals surface area contributed by atoms with Crippen molar-refractivity contribution in [1.82, 2.24) is 0 Å². The van der Waals surface area contributed by atoms with Gasteiger partial charge in [0.25, 0.3) is 0 Å². The van der Waals surface area contributed by atoms with Crippen LogP contribution in [-0.2, 0) is 9.53 Å². The molecule has 0 aromatic carbocycles. The molecule has 2 aliphatic rings. The summed E-state index contributed by atoms with van der Waals surface area (Å²) in [4.78, 5) is 22.6. The Morgan fingerprint density at radius 1 is 1.57 bits per heavy atom. The number of hydrogen-bond acceptors (Lipinski definition) is 4. The van der Waals surface area contributed by atoms with E-state index in [4.69, 9.17) is 4.74 Å². The van der Waals surface area contributed by atoms with Gasteiger partial charge in [-0.15, -0.1) is 0 Å². The van der Waals surface area contributed by atoms with Crippen LogP contribution in [0, 0.1) is 10.8 Å². The molecule has 0 aromatic rings. The van der Waals surface area contributed by atoms with Crippen molar-refractivity contribution in [3.8, 4) is 0 Å². The first-order valence-electron chi connectivity index (χ1n) is 5.00. The monoisotopic (exact) mass is 197 g/mol. The third-order valence-corrected chi connectivity index (χ3v) is 3.76. The fraction of sp³-hybridized carbons (Fsp3) is 0.900. The van der Waals surface area contributed by atoms with Crippen molar-refractivity contribution in [2.45, 2.75) is 50.9 Å². The fourth-order valence-corrected chi connectivity index (χ4v) is 2.20. The number of Topliss-reactive ketones (excluding diaryl/α,β-unsaturated/α-hetero) is 1. The van der Waals surface area contributed by atoms with Gasteiger partial charge in [-0.05, 0) is 12.8 Å². The Labute approximate surface area is 83.0 Å². The quantitative estimate of drug-likeness (QED) is 0.499. The van der Waals surface area contributed by atoms with Crippen molar-refractivity contribution in [3.63, 3.8) is 0 Å². The number of nitrogens with zero attached hydrogens (tertiary/aromatic N) is 1. The molecular formula is C10H15NO3. The molecule has 1 aliphatic carbocycles. The number of carbonyl (C=O) groups is 1. The number of epoxide rings is 1. The first-order chi connectivity index (χ1) is 6.44. The molecule has 2 rings (SSSR count). The van der Waals surface area contributed by atoms with E-state index in [2.05, 4.69) is 5.18 Å². The summed E-state index contributed by atoms with van der Waals surface area (Å²) in [5.74, 6) is 0.125. The van der Waals surface area contributed by atoms with Gasteiger partial charge in [0.05, 0.1) is 6.10 Å². The Balaban J connectivity index is 2.25.